The van der Waals surface area contributed by atoms with Gasteiger partial charge in [0.2, 0.25) is 0 Å². The van der Waals surface area contributed by atoms with Crippen LogP contribution in [0.15, 0.2) is 53.7 Å². The predicted octanol–water partition coefficient (Wildman–Crippen LogP) is 2.87. The van der Waals surface area contributed by atoms with Crippen molar-refractivity contribution in [2.45, 2.75) is 32.7 Å². The van der Waals surface area contributed by atoms with Gasteiger partial charge in [-0.2, -0.15) is 0 Å². The van der Waals surface area contributed by atoms with Crippen molar-refractivity contribution in [3.63, 3.8) is 0 Å². The van der Waals surface area contributed by atoms with Crippen molar-refractivity contribution >= 4 is 11.8 Å². The highest BCUT2D eigenvalue weighted by Crippen LogP contribution is 2.21. The number of benzene rings is 1. The fourth-order valence-electron chi connectivity index (χ4n) is 3.58. The fraction of sp³-hybridized carbons (Fsp3) is 0.500. The monoisotopic (exact) mass is 408 g/mol. The molecule has 1 aliphatic rings. The quantitative estimate of drug-likeness (QED) is 0.545. The number of rotatable bonds is 7. The van der Waals surface area contributed by atoms with Crippen LogP contribution in [0, 0.1) is 0 Å². The Morgan fingerprint density at radius 3 is 2.50 bits per heavy atom. The average Bonchev–Trinajstić information content (AvgIpc) is 2.77. The summed E-state index contributed by atoms with van der Waals surface area (Å²) < 4.78 is 0. The number of aliphatic imine (C=N–C) groups is 1. The van der Waals surface area contributed by atoms with Gasteiger partial charge in [0.1, 0.15) is 5.82 Å². The first kappa shape index (κ1) is 22.1. The summed E-state index contributed by atoms with van der Waals surface area (Å²) in [6.07, 6.45) is 1.90. The molecule has 6 heteroatoms. The molecule has 2 heterocycles. The number of pyridine rings is 1. The minimum absolute atomic E-state index is 0.0166. The van der Waals surface area contributed by atoms with Crippen molar-refractivity contribution in [3.8, 4) is 0 Å². The van der Waals surface area contributed by atoms with E-state index in [0.717, 1.165) is 51.0 Å². The van der Waals surface area contributed by atoms with E-state index >= 15 is 0 Å². The highest BCUT2D eigenvalue weighted by atomic mass is 15.3. The van der Waals surface area contributed by atoms with Crippen LogP contribution < -0.4 is 15.5 Å². The highest BCUT2D eigenvalue weighted by Gasteiger charge is 2.20. The molecule has 1 aliphatic heterocycles. The van der Waals surface area contributed by atoms with Gasteiger partial charge < -0.3 is 20.4 Å². The second-order valence-corrected chi connectivity index (χ2v) is 8.61. The molecule has 0 unspecified atom stereocenters. The van der Waals surface area contributed by atoms with Crippen LogP contribution in [-0.2, 0) is 12.0 Å². The summed E-state index contributed by atoms with van der Waals surface area (Å²) in [7, 11) is 2.17. The molecule has 162 valence electrons. The zero-order valence-electron chi connectivity index (χ0n) is 18.9. The molecular formula is C24H36N6. The highest BCUT2D eigenvalue weighted by molar-refractivity contribution is 5.79. The second-order valence-electron chi connectivity index (χ2n) is 8.61. The van der Waals surface area contributed by atoms with Gasteiger partial charge in [-0.3, -0.25) is 0 Å². The Morgan fingerprint density at radius 2 is 1.80 bits per heavy atom. The molecule has 0 radical (unpaired) electrons. The third-order valence-electron chi connectivity index (χ3n) is 5.65. The van der Waals surface area contributed by atoms with Gasteiger partial charge in [0.05, 0.1) is 6.54 Å². The summed E-state index contributed by atoms with van der Waals surface area (Å²) in [5.41, 5.74) is 2.51. The number of hydrogen-bond donors (Lipinski definition) is 2. The lowest BCUT2D eigenvalue weighted by Gasteiger charge is -2.33. The summed E-state index contributed by atoms with van der Waals surface area (Å²) in [6, 6.07) is 14.8. The maximum absolute atomic E-state index is 4.82. The Balaban J connectivity index is 1.62. The first-order valence-corrected chi connectivity index (χ1v) is 10.9. The molecule has 0 amide bonds. The lowest BCUT2D eigenvalue weighted by Crippen LogP contribution is -2.44. The minimum atomic E-state index is 0.0166. The Morgan fingerprint density at radius 1 is 1.07 bits per heavy atom. The van der Waals surface area contributed by atoms with Crippen molar-refractivity contribution in [2.75, 3.05) is 51.2 Å². The van der Waals surface area contributed by atoms with Gasteiger partial charge in [-0.15, -0.1) is 0 Å². The van der Waals surface area contributed by atoms with Crippen LogP contribution in [0.5, 0.6) is 0 Å². The Hall–Kier alpha value is -2.60. The lowest BCUT2D eigenvalue weighted by molar-refractivity contribution is 0.312. The van der Waals surface area contributed by atoms with Crippen molar-refractivity contribution in [2.24, 2.45) is 4.99 Å². The molecule has 2 aromatic rings. The van der Waals surface area contributed by atoms with Gasteiger partial charge in [0, 0.05) is 50.9 Å². The van der Waals surface area contributed by atoms with E-state index in [9.17, 15) is 0 Å². The van der Waals surface area contributed by atoms with Crippen LogP contribution in [0.1, 0.15) is 31.9 Å². The van der Waals surface area contributed by atoms with Crippen LogP contribution in [0.3, 0.4) is 0 Å². The molecule has 0 aliphatic carbocycles. The summed E-state index contributed by atoms with van der Waals surface area (Å²) >= 11 is 0. The number of piperazine rings is 1. The largest absolute Gasteiger partial charge is 0.357 e. The molecule has 6 nitrogen and oxygen atoms in total. The van der Waals surface area contributed by atoms with Crippen LogP contribution in [0.4, 0.5) is 5.82 Å². The van der Waals surface area contributed by atoms with Gasteiger partial charge in [-0.25, -0.2) is 9.98 Å². The number of likely N-dealkylation sites (N-methyl/N-ethyl adjacent to an activating group) is 1. The van der Waals surface area contributed by atoms with Crippen LogP contribution in [-0.4, -0.2) is 62.2 Å². The van der Waals surface area contributed by atoms with Crippen molar-refractivity contribution in [1.82, 2.24) is 20.5 Å². The van der Waals surface area contributed by atoms with Crippen LogP contribution in [0.2, 0.25) is 0 Å². The van der Waals surface area contributed by atoms with E-state index in [4.69, 9.17) is 4.99 Å². The summed E-state index contributed by atoms with van der Waals surface area (Å²) in [4.78, 5) is 14.1. The maximum Gasteiger partial charge on any atom is 0.191 e. The van der Waals surface area contributed by atoms with E-state index in [1.807, 2.05) is 6.20 Å². The smallest absolute Gasteiger partial charge is 0.191 e. The second kappa shape index (κ2) is 10.4. The zero-order chi connectivity index (χ0) is 21.4. The Labute approximate surface area is 181 Å². The van der Waals surface area contributed by atoms with Gasteiger partial charge in [-0.05, 0) is 37.2 Å². The van der Waals surface area contributed by atoms with Crippen LogP contribution in [0.25, 0.3) is 0 Å². The normalized spacial score (nSPS) is 15.9. The molecule has 3 rings (SSSR count). The molecule has 1 aromatic carbocycles. The van der Waals surface area contributed by atoms with Crippen molar-refractivity contribution in [1.29, 1.82) is 0 Å². The molecule has 30 heavy (non-hydrogen) atoms. The first-order valence-electron chi connectivity index (χ1n) is 10.9. The predicted molar refractivity (Wildman–Crippen MR) is 126 cm³/mol. The van der Waals surface area contributed by atoms with Crippen molar-refractivity contribution in [3.05, 3.63) is 59.8 Å². The van der Waals surface area contributed by atoms with Crippen molar-refractivity contribution < 1.29 is 0 Å². The van der Waals surface area contributed by atoms with E-state index in [2.05, 4.69) is 95.7 Å². The average molecular weight is 409 g/mol. The summed E-state index contributed by atoms with van der Waals surface area (Å²) in [5, 5.41) is 6.89. The van der Waals surface area contributed by atoms with Gasteiger partial charge in [0.25, 0.3) is 0 Å². The SMILES string of the molecule is CCNC(=NCc1ccnc(N2CCN(C)CC2)c1)NCC(C)(C)c1ccccc1. The van der Waals surface area contributed by atoms with E-state index in [-0.39, 0.29) is 5.41 Å². The number of anilines is 1. The van der Waals surface area contributed by atoms with E-state index in [1.165, 1.54) is 11.1 Å². The maximum atomic E-state index is 4.82. The molecule has 0 atom stereocenters. The van der Waals surface area contributed by atoms with Crippen LogP contribution >= 0.6 is 0 Å². The molecule has 1 saturated heterocycles. The first-order chi connectivity index (χ1) is 14.5. The lowest BCUT2D eigenvalue weighted by atomic mass is 9.85. The van der Waals surface area contributed by atoms with E-state index in [0.29, 0.717) is 6.54 Å². The molecule has 1 fully saturated rings. The molecule has 2 N–H and O–H groups in total. The molecule has 0 bridgehead atoms. The standard InChI is InChI=1S/C24H36N6/c1-5-25-23(28-19-24(2,3)21-9-7-6-8-10-21)27-18-20-11-12-26-22(17-20)30-15-13-29(4)14-16-30/h6-12,17H,5,13-16,18-19H2,1-4H3,(H2,25,27,28). The molecular weight excluding hydrogens is 372 g/mol. The van der Waals surface area contributed by atoms with Gasteiger partial charge >= 0.3 is 0 Å². The number of guanidine groups is 1. The Bertz CT molecular complexity index is 809. The number of aromatic nitrogens is 1. The molecule has 0 spiro atoms. The Kier molecular flexibility index (Phi) is 7.69. The number of nitrogens with zero attached hydrogens (tertiary/aromatic N) is 4. The molecule has 0 saturated carbocycles. The van der Waals surface area contributed by atoms with E-state index < -0.39 is 0 Å². The molecule has 1 aromatic heterocycles. The summed E-state index contributed by atoms with van der Waals surface area (Å²) in [5.74, 6) is 1.90. The third-order valence-corrected chi connectivity index (χ3v) is 5.65. The van der Waals surface area contributed by atoms with Gasteiger partial charge in [0.15, 0.2) is 5.96 Å². The summed E-state index contributed by atoms with van der Waals surface area (Å²) in [6.45, 7) is 13.1. The number of hydrogen-bond acceptors (Lipinski definition) is 4. The van der Waals surface area contributed by atoms with Gasteiger partial charge in [-0.1, -0.05) is 44.2 Å². The topological polar surface area (TPSA) is 55.8 Å². The number of nitrogens with one attached hydrogen (secondary N) is 2. The minimum Gasteiger partial charge on any atom is -0.357 e. The van der Waals surface area contributed by atoms with E-state index in [1.54, 1.807) is 0 Å². The fourth-order valence-corrected chi connectivity index (χ4v) is 3.58. The zero-order valence-corrected chi connectivity index (χ0v) is 18.9. The third kappa shape index (κ3) is 6.20.